The van der Waals surface area contributed by atoms with Crippen LogP contribution < -0.4 is 0 Å². The lowest BCUT2D eigenvalue weighted by Gasteiger charge is -2.40. The van der Waals surface area contributed by atoms with Crippen molar-refractivity contribution in [3.63, 3.8) is 0 Å². The van der Waals surface area contributed by atoms with Gasteiger partial charge in [0.2, 0.25) is 0 Å². The second kappa shape index (κ2) is 13.3. The zero-order valence-corrected chi connectivity index (χ0v) is 31.7. The SMILES string of the molecule is Cc1cc(C(C)(C)C)c(O)c(C(C)(C)C)c1.Cc1cc(O)c(C2CC3CCC2(C)C3(C)C)cc1C.Cc1ccc(C(C)C)c(O)c1. The van der Waals surface area contributed by atoms with Crippen molar-refractivity contribution in [3.8, 4) is 17.2 Å². The molecule has 2 aliphatic rings. The van der Waals surface area contributed by atoms with Gasteiger partial charge in [0.15, 0.2) is 0 Å². The lowest BCUT2D eigenvalue weighted by molar-refractivity contribution is 0.133. The Hall–Kier alpha value is -2.94. The first-order valence-electron chi connectivity index (χ1n) is 17.4. The van der Waals surface area contributed by atoms with Crippen LogP contribution in [0.1, 0.15) is 152 Å². The third kappa shape index (κ3) is 7.61. The van der Waals surface area contributed by atoms with E-state index in [0.717, 1.165) is 28.2 Å². The standard InChI is InChI=1S/C18H26O.C15H24O.C10H14O/c1-11-8-14(16(19)9-12(11)2)15-10-13-6-7-18(15,5)17(13,3)4;1-10-8-11(14(2,3)4)13(16)12(9-10)15(5,6)7;1-7(2)9-5-4-8(3)6-10(9)11/h8-9,13,15,19H,6-7,10H2,1-5H3;8-9,16H,1-7H3;4-7,11H,1-3H3. The summed E-state index contributed by atoms with van der Waals surface area (Å²) in [7, 11) is 0. The first-order chi connectivity index (χ1) is 20.9. The monoisotopic (exact) mass is 628 g/mol. The average molecular weight is 629 g/mol. The van der Waals surface area contributed by atoms with Crippen LogP contribution in [-0.4, -0.2) is 15.3 Å². The summed E-state index contributed by atoms with van der Waals surface area (Å²) in [4.78, 5) is 0. The maximum absolute atomic E-state index is 10.4. The number of benzene rings is 3. The third-order valence-corrected chi connectivity index (χ3v) is 11.5. The van der Waals surface area contributed by atoms with E-state index in [1.54, 1.807) is 6.07 Å². The van der Waals surface area contributed by atoms with Crippen LogP contribution in [0.2, 0.25) is 0 Å². The van der Waals surface area contributed by atoms with Crippen molar-refractivity contribution in [1.82, 2.24) is 0 Å². The first kappa shape index (κ1) is 37.5. The summed E-state index contributed by atoms with van der Waals surface area (Å²) in [6.45, 7) is 32.5. The average Bonchev–Trinajstić information content (AvgIpc) is 3.25. The molecule has 5 rings (SSSR count). The summed E-state index contributed by atoms with van der Waals surface area (Å²) < 4.78 is 0. The maximum Gasteiger partial charge on any atom is 0.123 e. The summed E-state index contributed by atoms with van der Waals surface area (Å²) in [5.74, 6) is 3.14. The van der Waals surface area contributed by atoms with E-state index in [1.165, 1.54) is 41.5 Å². The van der Waals surface area contributed by atoms with Gasteiger partial charge < -0.3 is 15.3 Å². The number of fused-ring (bicyclic) bond motifs is 2. The molecule has 3 atom stereocenters. The number of hydrogen-bond acceptors (Lipinski definition) is 3. The molecule has 3 unspecified atom stereocenters. The molecule has 0 spiro atoms. The maximum atomic E-state index is 10.4. The summed E-state index contributed by atoms with van der Waals surface area (Å²) >= 11 is 0. The summed E-state index contributed by atoms with van der Waals surface area (Å²) in [5.41, 5.74) is 9.82. The second-order valence-electron chi connectivity index (χ2n) is 17.6. The molecule has 2 saturated carbocycles. The Balaban J connectivity index is 0.000000195. The molecule has 254 valence electrons. The molecular weight excluding hydrogens is 564 g/mol. The number of aryl methyl sites for hydroxylation is 4. The van der Waals surface area contributed by atoms with Gasteiger partial charge in [-0.25, -0.2) is 0 Å². The molecule has 2 aliphatic carbocycles. The van der Waals surface area contributed by atoms with Gasteiger partial charge in [0.25, 0.3) is 0 Å². The predicted molar refractivity (Wildman–Crippen MR) is 197 cm³/mol. The van der Waals surface area contributed by atoms with E-state index in [-0.39, 0.29) is 10.8 Å². The molecule has 3 aromatic carbocycles. The van der Waals surface area contributed by atoms with Gasteiger partial charge in [0, 0.05) is 0 Å². The summed E-state index contributed by atoms with van der Waals surface area (Å²) in [6, 6.07) is 14.2. The molecule has 0 aromatic heterocycles. The van der Waals surface area contributed by atoms with Crippen LogP contribution in [0, 0.1) is 44.4 Å². The van der Waals surface area contributed by atoms with Gasteiger partial charge in [0.1, 0.15) is 17.2 Å². The molecular formula is C43H64O3. The van der Waals surface area contributed by atoms with E-state index < -0.39 is 0 Å². The van der Waals surface area contributed by atoms with Crippen molar-refractivity contribution in [1.29, 1.82) is 0 Å². The number of phenolic OH excluding ortho intramolecular Hbond substituents is 3. The Kier molecular flexibility index (Phi) is 10.8. The predicted octanol–water partition coefficient (Wildman–Crippen LogP) is 12.1. The van der Waals surface area contributed by atoms with Crippen molar-refractivity contribution >= 4 is 0 Å². The van der Waals surface area contributed by atoms with Crippen molar-refractivity contribution in [3.05, 3.63) is 87.0 Å². The van der Waals surface area contributed by atoms with Gasteiger partial charge in [-0.1, -0.05) is 112 Å². The summed E-state index contributed by atoms with van der Waals surface area (Å²) in [6.07, 6.45) is 3.92. The molecule has 46 heavy (non-hydrogen) atoms. The van der Waals surface area contributed by atoms with Gasteiger partial charge in [-0.15, -0.1) is 0 Å². The molecule has 3 aromatic rings. The van der Waals surface area contributed by atoms with Crippen molar-refractivity contribution in [2.75, 3.05) is 0 Å². The molecule has 2 fully saturated rings. The van der Waals surface area contributed by atoms with Crippen LogP contribution in [0.4, 0.5) is 0 Å². The van der Waals surface area contributed by atoms with Crippen molar-refractivity contribution in [2.24, 2.45) is 16.7 Å². The van der Waals surface area contributed by atoms with E-state index in [0.29, 0.717) is 39.9 Å². The second-order valence-corrected chi connectivity index (χ2v) is 17.6. The largest absolute Gasteiger partial charge is 0.508 e. The Labute approximate surface area is 281 Å². The zero-order chi connectivity index (χ0) is 35.2. The van der Waals surface area contributed by atoms with Crippen LogP contribution in [0.15, 0.2) is 42.5 Å². The Morgan fingerprint density at radius 2 is 1.22 bits per heavy atom. The molecule has 3 nitrogen and oxygen atoms in total. The van der Waals surface area contributed by atoms with Crippen LogP contribution >= 0.6 is 0 Å². The lowest BCUT2D eigenvalue weighted by Crippen LogP contribution is -2.31. The van der Waals surface area contributed by atoms with Gasteiger partial charge in [0.05, 0.1) is 0 Å². The zero-order valence-electron chi connectivity index (χ0n) is 31.7. The highest BCUT2D eigenvalue weighted by Gasteiger charge is 2.61. The van der Waals surface area contributed by atoms with E-state index in [4.69, 9.17) is 0 Å². The quantitative estimate of drug-likeness (QED) is 0.265. The molecule has 3 heteroatoms. The first-order valence-corrected chi connectivity index (χ1v) is 17.4. The highest BCUT2D eigenvalue weighted by Crippen LogP contribution is 2.71. The van der Waals surface area contributed by atoms with Crippen molar-refractivity contribution in [2.45, 2.75) is 146 Å². The molecule has 0 saturated heterocycles. The third-order valence-electron chi connectivity index (χ3n) is 11.5. The van der Waals surface area contributed by atoms with Gasteiger partial charge >= 0.3 is 0 Å². The fourth-order valence-electron chi connectivity index (χ4n) is 7.84. The Morgan fingerprint density at radius 3 is 1.63 bits per heavy atom. The lowest BCUT2D eigenvalue weighted by atomic mass is 9.65. The highest BCUT2D eigenvalue weighted by molar-refractivity contribution is 5.49. The molecule has 0 radical (unpaired) electrons. The van der Waals surface area contributed by atoms with Gasteiger partial charge in [-0.05, 0) is 137 Å². The van der Waals surface area contributed by atoms with E-state index in [9.17, 15) is 15.3 Å². The Bertz CT molecular complexity index is 1490. The minimum absolute atomic E-state index is 0.0178. The fraction of sp³-hybridized carbons (Fsp3) is 0.581. The molecule has 0 heterocycles. The van der Waals surface area contributed by atoms with Crippen LogP contribution in [0.25, 0.3) is 0 Å². The van der Waals surface area contributed by atoms with Crippen LogP contribution in [0.5, 0.6) is 17.2 Å². The summed E-state index contributed by atoms with van der Waals surface area (Å²) in [5, 5.41) is 30.2. The van der Waals surface area contributed by atoms with Crippen LogP contribution in [-0.2, 0) is 10.8 Å². The molecule has 3 N–H and O–H groups in total. The van der Waals surface area contributed by atoms with Crippen LogP contribution in [0.3, 0.4) is 0 Å². The fourth-order valence-corrected chi connectivity index (χ4v) is 7.84. The normalized spacial score (nSPS) is 21.8. The van der Waals surface area contributed by atoms with Gasteiger partial charge in [-0.3, -0.25) is 0 Å². The number of rotatable bonds is 2. The minimum atomic E-state index is -0.0178. The highest BCUT2D eigenvalue weighted by atomic mass is 16.3. The van der Waals surface area contributed by atoms with Gasteiger partial charge in [-0.2, -0.15) is 0 Å². The smallest absolute Gasteiger partial charge is 0.123 e. The number of hydrogen-bond donors (Lipinski definition) is 3. The Morgan fingerprint density at radius 1 is 0.696 bits per heavy atom. The van der Waals surface area contributed by atoms with Crippen molar-refractivity contribution < 1.29 is 15.3 Å². The van der Waals surface area contributed by atoms with E-state index in [1.807, 2.05) is 25.1 Å². The number of phenols is 3. The number of aromatic hydroxyl groups is 3. The molecule has 2 bridgehead atoms. The topological polar surface area (TPSA) is 60.7 Å². The van der Waals surface area contributed by atoms with E-state index >= 15 is 0 Å². The molecule has 0 amide bonds. The van der Waals surface area contributed by atoms with E-state index in [2.05, 4.69) is 115 Å². The molecule has 0 aliphatic heterocycles. The minimum Gasteiger partial charge on any atom is -0.508 e.